The Hall–Kier alpha value is -3.52. The lowest BCUT2D eigenvalue weighted by Crippen LogP contribution is -2.40. The third-order valence-corrected chi connectivity index (χ3v) is 7.08. The summed E-state index contributed by atoms with van der Waals surface area (Å²) < 4.78 is 13.0. The van der Waals surface area contributed by atoms with Crippen LogP contribution in [0.1, 0.15) is 25.2 Å². The molecule has 2 atom stereocenters. The largest absolute Gasteiger partial charge is 0.497 e. The van der Waals surface area contributed by atoms with Crippen molar-refractivity contribution < 1.29 is 13.9 Å². The molecule has 3 heterocycles. The van der Waals surface area contributed by atoms with Crippen molar-refractivity contribution in [3.63, 3.8) is 0 Å². The van der Waals surface area contributed by atoms with Gasteiger partial charge in [0.05, 0.1) is 25.2 Å². The van der Waals surface area contributed by atoms with Gasteiger partial charge in [-0.25, -0.2) is 0 Å². The van der Waals surface area contributed by atoms with Crippen molar-refractivity contribution in [3.05, 3.63) is 78.3 Å². The highest BCUT2D eigenvalue weighted by molar-refractivity contribution is 8.00. The number of carbonyl (C=O) groups is 1. The quantitative estimate of drug-likeness (QED) is 0.349. The van der Waals surface area contributed by atoms with E-state index in [1.54, 1.807) is 13.4 Å². The first-order valence-electron chi connectivity index (χ1n) is 11.2. The highest BCUT2D eigenvalue weighted by Crippen LogP contribution is 2.35. The fourth-order valence-electron chi connectivity index (χ4n) is 4.36. The molecule has 0 aliphatic carbocycles. The second kappa shape index (κ2) is 9.38. The summed E-state index contributed by atoms with van der Waals surface area (Å²) in [6, 6.07) is 19.7. The van der Waals surface area contributed by atoms with Gasteiger partial charge in [0, 0.05) is 17.3 Å². The van der Waals surface area contributed by atoms with Crippen molar-refractivity contribution in [1.29, 1.82) is 0 Å². The molecule has 0 unspecified atom stereocenters. The third kappa shape index (κ3) is 4.21. The van der Waals surface area contributed by atoms with Gasteiger partial charge in [0.15, 0.2) is 11.0 Å². The minimum atomic E-state index is -0.341. The van der Waals surface area contributed by atoms with Crippen LogP contribution in [0.3, 0.4) is 0 Å². The summed E-state index contributed by atoms with van der Waals surface area (Å²) in [5, 5.41) is 9.26. The molecule has 2 aromatic carbocycles. The highest BCUT2D eigenvalue weighted by atomic mass is 32.2. The number of thioether (sulfide) groups is 1. The number of aromatic nitrogens is 3. The first-order chi connectivity index (χ1) is 16.5. The SMILES string of the molecule is COc1cccc(-c2nnc(S[C@H](C)C(=O)N3c4ccccc4C[C@H]3C)n2Cc2ccco2)c1. The molecule has 0 fully saturated rings. The van der Waals surface area contributed by atoms with Crippen molar-refractivity contribution in [2.75, 3.05) is 12.0 Å². The lowest BCUT2D eigenvalue weighted by atomic mass is 10.1. The number of hydrogen-bond acceptors (Lipinski definition) is 6. The first-order valence-corrected chi connectivity index (χ1v) is 12.1. The van der Waals surface area contributed by atoms with Crippen LogP contribution in [0.25, 0.3) is 11.4 Å². The molecule has 34 heavy (non-hydrogen) atoms. The summed E-state index contributed by atoms with van der Waals surface area (Å²) >= 11 is 1.41. The number of para-hydroxylation sites is 1. The van der Waals surface area contributed by atoms with Crippen LogP contribution in [-0.2, 0) is 17.8 Å². The van der Waals surface area contributed by atoms with Gasteiger partial charge >= 0.3 is 0 Å². The highest BCUT2D eigenvalue weighted by Gasteiger charge is 2.34. The maximum Gasteiger partial charge on any atom is 0.240 e. The second-order valence-corrected chi connectivity index (χ2v) is 9.66. The molecule has 7 nitrogen and oxygen atoms in total. The van der Waals surface area contributed by atoms with Crippen LogP contribution >= 0.6 is 11.8 Å². The molecule has 4 aromatic rings. The number of amides is 1. The Morgan fingerprint density at radius 2 is 2.03 bits per heavy atom. The number of fused-ring (bicyclic) bond motifs is 1. The van der Waals surface area contributed by atoms with Gasteiger partial charge < -0.3 is 14.1 Å². The van der Waals surface area contributed by atoms with E-state index in [0.29, 0.717) is 17.5 Å². The summed E-state index contributed by atoms with van der Waals surface area (Å²) in [5.41, 5.74) is 3.09. The molecule has 1 aliphatic heterocycles. The lowest BCUT2D eigenvalue weighted by molar-refractivity contribution is -0.118. The number of benzene rings is 2. The van der Waals surface area contributed by atoms with E-state index in [1.165, 1.54) is 17.3 Å². The normalized spacial score (nSPS) is 15.9. The Balaban J connectivity index is 1.45. The zero-order chi connectivity index (χ0) is 23.7. The number of ether oxygens (including phenoxy) is 1. The number of rotatable bonds is 7. The van der Waals surface area contributed by atoms with Crippen LogP contribution in [0.5, 0.6) is 5.75 Å². The summed E-state index contributed by atoms with van der Waals surface area (Å²) in [6.07, 6.45) is 2.52. The lowest BCUT2D eigenvalue weighted by Gasteiger charge is -2.25. The molecule has 174 valence electrons. The number of anilines is 1. The monoisotopic (exact) mass is 474 g/mol. The Morgan fingerprint density at radius 1 is 1.18 bits per heavy atom. The molecule has 1 amide bonds. The van der Waals surface area contributed by atoms with Gasteiger partial charge in [0.2, 0.25) is 5.91 Å². The molecule has 0 bridgehead atoms. The number of methoxy groups -OCH3 is 1. The minimum absolute atomic E-state index is 0.0675. The van der Waals surface area contributed by atoms with Crippen LogP contribution in [0.15, 0.2) is 76.5 Å². The predicted octanol–water partition coefficient (Wildman–Crippen LogP) is 5.05. The molecule has 0 saturated heterocycles. The maximum atomic E-state index is 13.5. The van der Waals surface area contributed by atoms with Crippen molar-refractivity contribution in [3.8, 4) is 17.1 Å². The van der Waals surface area contributed by atoms with Gasteiger partial charge in [-0.3, -0.25) is 9.36 Å². The number of hydrogen-bond donors (Lipinski definition) is 0. The molecule has 0 saturated carbocycles. The molecular formula is C26H26N4O3S. The van der Waals surface area contributed by atoms with Crippen molar-refractivity contribution in [1.82, 2.24) is 14.8 Å². The van der Waals surface area contributed by atoms with Crippen molar-refractivity contribution in [2.45, 2.75) is 43.3 Å². The molecule has 0 radical (unpaired) electrons. The van der Waals surface area contributed by atoms with Gasteiger partial charge in [-0.15, -0.1) is 10.2 Å². The standard InChI is InChI=1S/C26H26N4O3S/c1-17-14-19-8-4-5-12-23(19)30(17)25(31)18(2)34-26-28-27-24(20-9-6-10-21(15-20)32-3)29(26)16-22-11-7-13-33-22/h4-13,15,17-18H,14,16H2,1-3H3/t17-,18-/m1/s1. The topological polar surface area (TPSA) is 73.4 Å². The van der Waals surface area contributed by atoms with Gasteiger partial charge in [-0.1, -0.05) is 42.1 Å². The second-order valence-electron chi connectivity index (χ2n) is 8.35. The van der Waals surface area contributed by atoms with Gasteiger partial charge in [-0.05, 0) is 56.2 Å². The Bertz CT molecular complexity index is 1300. The van der Waals surface area contributed by atoms with E-state index in [9.17, 15) is 4.79 Å². The maximum absolute atomic E-state index is 13.5. The van der Waals surface area contributed by atoms with Crippen molar-refractivity contribution in [2.24, 2.45) is 0 Å². The Labute approximate surface area is 202 Å². The molecule has 2 aromatic heterocycles. The van der Waals surface area contributed by atoms with Gasteiger partial charge in [-0.2, -0.15) is 0 Å². The fourth-order valence-corrected chi connectivity index (χ4v) is 5.26. The summed E-state index contributed by atoms with van der Waals surface area (Å²) in [6.45, 7) is 4.48. The number of furan rings is 1. The predicted molar refractivity (Wildman–Crippen MR) is 132 cm³/mol. The average molecular weight is 475 g/mol. The van der Waals surface area contributed by atoms with Gasteiger partial charge in [0.1, 0.15) is 11.5 Å². The molecule has 8 heteroatoms. The molecule has 0 spiro atoms. The average Bonchev–Trinajstić information content (AvgIpc) is 3.58. The number of carbonyl (C=O) groups excluding carboxylic acids is 1. The smallest absolute Gasteiger partial charge is 0.240 e. The molecule has 5 rings (SSSR count). The van der Waals surface area contributed by atoms with E-state index in [4.69, 9.17) is 9.15 Å². The Kier molecular flexibility index (Phi) is 6.15. The van der Waals surface area contributed by atoms with E-state index < -0.39 is 0 Å². The number of nitrogens with zero attached hydrogens (tertiary/aromatic N) is 4. The van der Waals surface area contributed by atoms with Crippen LogP contribution in [0, 0.1) is 0 Å². The molecular weight excluding hydrogens is 448 g/mol. The summed E-state index contributed by atoms with van der Waals surface area (Å²) in [7, 11) is 1.64. The molecule has 0 N–H and O–H groups in total. The van der Waals surface area contributed by atoms with Crippen LogP contribution in [-0.4, -0.2) is 39.1 Å². The van der Waals surface area contributed by atoms with E-state index >= 15 is 0 Å². The van der Waals surface area contributed by atoms with Crippen LogP contribution in [0.4, 0.5) is 5.69 Å². The zero-order valence-corrected chi connectivity index (χ0v) is 20.2. The Morgan fingerprint density at radius 3 is 2.82 bits per heavy atom. The van der Waals surface area contributed by atoms with E-state index in [1.807, 2.05) is 71.0 Å². The summed E-state index contributed by atoms with van der Waals surface area (Å²) in [4.78, 5) is 15.4. The minimum Gasteiger partial charge on any atom is -0.497 e. The van der Waals surface area contributed by atoms with Crippen LogP contribution < -0.4 is 9.64 Å². The van der Waals surface area contributed by atoms with Gasteiger partial charge in [0.25, 0.3) is 0 Å². The first kappa shape index (κ1) is 22.3. The van der Waals surface area contributed by atoms with E-state index in [-0.39, 0.29) is 17.2 Å². The van der Waals surface area contributed by atoms with E-state index in [2.05, 4.69) is 23.2 Å². The van der Waals surface area contributed by atoms with E-state index in [0.717, 1.165) is 29.2 Å². The summed E-state index contributed by atoms with van der Waals surface area (Å²) in [5.74, 6) is 2.28. The van der Waals surface area contributed by atoms with Crippen molar-refractivity contribution >= 4 is 23.4 Å². The third-order valence-electron chi connectivity index (χ3n) is 6.01. The zero-order valence-electron chi connectivity index (χ0n) is 19.3. The fraction of sp³-hybridized carbons (Fsp3) is 0.269. The van der Waals surface area contributed by atoms with Crippen LogP contribution in [0.2, 0.25) is 0 Å². The molecule has 1 aliphatic rings.